The van der Waals surface area contributed by atoms with Crippen molar-refractivity contribution in [3.05, 3.63) is 35.4 Å². The molecule has 0 aliphatic heterocycles. The van der Waals surface area contributed by atoms with E-state index < -0.39 is 0 Å². The summed E-state index contributed by atoms with van der Waals surface area (Å²) < 4.78 is 0. The summed E-state index contributed by atoms with van der Waals surface area (Å²) in [5.74, 6) is 0.363. The fourth-order valence-electron chi connectivity index (χ4n) is 2.29. The van der Waals surface area contributed by atoms with Gasteiger partial charge in [0.15, 0.2) is 0 Å². The molecular formula is C12H17NO. The zero-order valence-corrected chi connectivity index (χ0v) is 8.77. The van der Waals surface area contributed by atoms with Crippen molar-refractivity contribution in [2.24, 2.45) is 5.92 Å². The van der Waals surface area contributed by atoms with Crippen LogP contribution in [0.25, 0.3) is 0 Å². The standard InChI is InChI=1S/C12H17NO/c1-13(2)8-10-7-9-5-3-4-6-11(9)12(10)14/h3-6,10,12,14H,7-8H2,1-2H3/t10-,12-/m1/s1. The van der Waals surface area contributed by atoms with E-state index in [0.29, 0.717) is 5.92 Å². The number of nitrogens with zero attached hydrogens (tertiary/aromatic N) is 1. The third-order valence-electron chi connectivity index (χ3n) is 2.90. The summed E-state index contributed by atoms with van der Waals surface area (Å²) in [5.41, 5.74) is 2.44. The Morgan fingerprint density at radius 2 is 2.07 bits per heavy atom. The van der Waals surface area contributed by atoms with E-state index in [4.69, 9.17) is 0 Å². The molecule has 0 spiro atoms. The van der Waals surface area contributed by atoms with Crippen LogP contribution in [0.15, 0.2) is 24.3 Å². The normalized spacial score (nSPS) is 25.4. The van der Waals surface area contributed by atoms with Crippen LogP contribution in [0.5, 0.6) is 0 Å². The van der Waals surface area contributed by atoms with E-state index in [1.165, 1.54) is 5.56 Å². The molecule has 1 aromatic rings. The van der Waals surface area contributed by atoms with Gasteiger partial charge in [0, 0.05) is 12.5 Å². The van der Waals surface area contributed by atoms with Crippen LogP contribution in [-0.2, 0) is 6.42 Å². The van der Waals surface area contributed by atoms with Crippen LogP contribution in [0.3, 0.4) is 0 Å². The highest BCUT2D eigenvalue weighted by molar-refractivity contribution is 5.34. The molecule has 1 N–H and O–H groups in total. The first-order valence-electron chi connectivity index (χ1n) is 5.09. The topological polar surface area (TPSA) is 23.5 Å². The highest BCUT2D eigenvalue weighted by Crippen LogP contribution is 2.35. The molecule has 1 aliphatic rings. The highest BCUT2D eigenvalue weighted by atomic mass is 16.3. The van der Waals surface area contributed by atoms with Crippen molar-refractivity contribution in [1.29, 1.82) is 0 Å². The van der Waals surface area contributed by atoms with Crippen molar-refractivity contribution < 1.29 is 5.11 Å². The predicted octanol–water partition coefficient (Wildman–Crippen LogP) is 1.45. The molecule has 0 saturated carbocycles. The Bertz CT molecular complexity index is 322. The Morgan fingerprint density at radius 1 is 1.36 bits per heavy atom. The number of hydrogen-bond donors (Lipinski definition) is 1. The van der Waals surface area contributed by atoms with E-state index in [1.807, 2.05) is 18.2 Å². The van der Waals surface area contributed by atoms with Crippen molar-refractivity contribution in [1.82, 2.24) is 4.90 Å². The quantitative estimate of drug-likeness (QED) is 0.765. The molecule has 2 nitrogen and oxygen atoms in total. The summed E-state index contributed by atoms with van der Waals surface area (Å²) >= 11 is 0. The number of aliphatic hydroxyl groups excluding tert-OH is 1. The molecule has 1 aromatic carbocycles. The van der Waals surface area contributed by atoms with Crippen LogP contribution in [0.2, 0.25) is 0 Å². The van der Waals surface area contributed by atoms with Gasteiger partial charge in [0.05, 0.1) is 6.10 Å². The van der Waals surface area contributed by atoms with E-state index >= 15 is 0 Å². The summed E-state index contributed by atoms with van der Waals surface area (Å²) in [4.78, 5) is 2.14. The average molecular weight is 191 g/mol. The van der Waals surface area contributed by atoms with Crippen molar-refractivity contribution >= 4 is 0 Å². The Kier molecular flexibility index (Phi) is 2.57. The minimum absolute atomic E-state index is 0.270. The van der Waals surface area contributed by atoms with Gasteiger partial charge < -0.3 is 10.0 Å². The van der Waals surface area contributed by atoms with E-state index in [1.54, 1.807) is 0 Å². The van der Waals surface area contributed by atoms with Gasteiger partial charge in [0.2, 0.25) is 0 Å². The minimum Gasteiger partial charge on any atom is -0.388 e. The summed E-state index contributed by atoms with van der Waals surface area (Å²) in [7, 11) is 4.10. The zero-order chi connectivity index (χ0) is 10.1. The maximum atomic E-state index is 10.1. The third-order valence-corrected chi connectivity index (χ3v) is 2.90. The summed E-state index contributed by atoms with van der Waals surface area (Å²) in [5, 5.41) is 10.1. The highest BCUT2D eigenvalue weighted by Gasteiger charge is 2.30. The van der Waals surface area contributed by atoms with Gasteiger partial charge in [-0.25, -0.2) is 0 Å². The first-order chi connectivity index (χ1) is 6.68. The summed E-state index contributed by atoms with van der Waals surface area (Å²) in [6.07, 6.45) is 0.740. The van der Waals surface area contributed by atoms with Crippen LogP contribution in [0, 0.1) is 5.92 Å². The lowest BCUT2D eigenvalue weighted by Crippen LogP contribution is -2.24. The molecule has 0 radical (unpaired) electrons. The van der Waals surface area contributed by atoms with Gasteiger partial charge in [-0.1, -0.05) is 24.3 Å². The maximum absolute atomic E-state index is 10.1. The second kappa shape index (κ2) is 3.71. The molecule has 2 atom stereocenters. The lowest BCUT2D eigenvalue weighted by Gasteiger charge is -2.19. The molecule has 76 valence electrons. The van der Waals surface area contributed by atoms with Crippen molar-refractivity contribution in [3.63, 3.8) is 0 Å². The monoisotopic (exact) mass is 191 g/mol. The summed E-state index contributed by atoms with van der Waals surface area (Å²) in [6.45, 7) is 0.954. The number of benzene rings is 1. The van der Waals surface area contributed by atoms with Gasteiger partial charge >= 0.3 is 0 Å². The van der Waals surface area contributed by atoms with Gasteiger partial charge in [0.1, 0.15) is 0 Å². The fourth-order valence-corrected chi connectivity index (χ4v) is 2.29. The fraction of sp³-hybridized carbons (Fsp3) is 0.500. The number of hydrogen-bond acceptors (Lipinski definition) is 2. The Morgan fingerprint density at radius 3 is 2.71 bits per heavy atom. The zero-order valence-electron chi connectivity index (χ0n) is 8.77. The largest absolute Gasteiger partial charge is 0.388 e. The van der Waals surface area contributed by atoms with Crippen LogP contribution in [-0.4, -0.2) is 30.6 Å². The van der Waals surface area contributed by atoms with E-state index in [0.717, 1.165) is 18.5 Å². The van der Waals surface area contributed by atoms with Crippen molar-refractivity contribution in [2.45, 2.75) is 12.5 Å². The first kappa shape index (κ1) is 9.69. The van der Waals surface area contributed by atoms with Gasteiger partial charge in [-0.2, -0.15) is 0 Å². The smallest absolute Gasteiger partial charge is 0.0836 e. The van der Waals surface area contributed by atoms with Gasteiger partial charge in [0.25, 0.3) is 0 Å². The molecular weight excluding hydrogens is 174 g/mol. The molecule has 0 fully saturated rings. The predicted molar refractivity (Wildman–Crippen MR) is 57.1 cm³/mol. The molecule has 1 aliphatic carbocycles. The molecule has 0 aromatic heterocycles. The number of fused-ring (bicyclic) bond motifs is 1. The molecule has 0 heterocycles. The Balaban J connectivity index is 2.17. The van der Waals surface area contributed by atoms with Gasteiger partial charge in [-0.05, 0) is 31.6 Å². The molecule has 0 unspecified atom stereocenters. The van der Waals surface area contributed by atoms with Crippen LogP contribution < -0.4 is 0 Å². The average Bonchev–Trinajstić information content (AvgIpc) is 2.44. The Labute approximate surface area is 85.2 Å². The minimum atomic E-state index is -0.270. The van der Waals surface area contributed by atoms with Crippen molar-refractivity contribution in [3.8, 4) is 0 Å². The molecule has 2 rings (SSSR count). The lowest BCUT2D eigenvalue weighted by molar-refractivity contribution is 0.105. The van der Waals surface area contributed by atoms with Gasteiger partial charge in [-0.3, -0.25) is 0 Å². The number of aliphatic hydroxyl groups is 1. The van der Waals surface area contributed by atoms with Gasteiger partial charge in [-0.15, -0.1) is 0 Å². The second-order valence-corrected chi connectivity index (χ2v) is 4.37. The lowest BCUT2D eigenvalue weighted by atomic mass is 10.0. The second-order valence-electron chi connectivity index (χ2n) is 4.37. The van der Waals surface area contributed by atoms with Crippen molar-refractivity contribution in [2.75, 3.05) is 20.6 Å². The summed E-state index contributed by atoms with van der Waals surface area (Å²) in [6, 6.07) is 8.20. The van der Waals surface area contributed by atoms with E-state index in [-0.39, 0.29) is 6.10 Å². The van der Waals surface area contributed by atoms with E-state index in [2.05, 4.69) is 25.1 Å². The SMILES string of the molecule is CN(C)C[C@H]1Cc2ccccc2[C@@H]1O. The molecule has 0 bridgehead atoms. The molecule has 0 saturated heterocycles. The number of rotatable bonds is 2. The maximum Gasteiger partial charge on any atom is 0.0836 e. The van der Waals surface area contributed by atoms with Crippen LogP contribution in [0.4, 0.5) is 0 Å². The van der Waals surface area contributed by atoms with E-state index in [9.17, 15) is 5.11 Å². The molecule has 2 heteroatoms. The van der Waals surface area contributed by atoms with Crippen LogP contribution >= 0.6 is 0 Å². The third kappa shape index (κ3) is 1.68. The first-order valence-corrected chi connectivity index (χ1v) is 5.09. The van der Waals surface area contributed by atoms with Crippen LogP contribution in [0.1, 0.15) is 17.2 Å². The Hall–Kier alpha value is -0.860. The molecule has 0 amide bonds. The molecule has 14 heavy (non-hydrogen) atoms.